The molecular formula is C23H25N3O6S. The second kappa shape index (κ2) is 9.22. The van der Waals surface area contributed by atoms with Crippen molar-refractivity contribution in [1.82, 2.24) is 14.9 Å². The average Bonchev–Trinajstić information content (AvgIpc) is 2.82. The summed E-state index contributed by atoms with van der Waals surface area (Å²) in [6, 6.07) is 9.67. The van der Waals surface area contributed by atoms with Gasteiger partial charge in [-0.3, -0.25) is 14.2 Å². The van der Waals surface area contributed by atoms with Gasteiger partial charge in [0.05, 0.1) is 48.1 Å². The van der Waals surface area contributed by atoms with E-state index in [-0.39, 0.29) is 34.6 Å². The lowest BCUT2D eigenvalue weighted by atomic mass is 10.0. The summed E-state index contributed by atoms with van der Waals surface area (Å²) in [4.78, 5) is 30.0. The zero-order valence-electron chi connectivity index (χ0n) is 18.4. The molecule has 174 valence electrons. The van der Waals surface area contributed by atoms with Crippen LogP contribution in [0.4, 0.5) is 0 Å². The van der Waals surface area contributed by atoms with E-state index in [9.17, 15) is 18.0 Å². The van der Waals surface area contributed by atoms with Gasteiger partial charge >= 0.3 is 0 Å². The first kappa shape index (κ1) is 22.8. The Labute approximate surface area is 191 Å². The van der Waals surface area contributed by atoms with Crippen LogP contribution in [0.2, 0.25) is 0 Å². The van der Waals surface area contributed by atoms with E-state index in [1.165, 1.54) is 25.1 Å². The van der Waals surface area contributed by atoms with E-state index < -0.39 is 9.84 Å². The third-order valence-corrected chi connectivity index (χ3v) is 7.59. The van der Waals surface area contributed by atoms with Crippen LogP contribution < -0.4 is 20.3 Å². The molecule has 33 heavy (non-hydrogen) atoms. The molecule has 0 fully saturated rings. The Bertz CT molecular complexity index is 1370. The molecule has 0 saturated carbocycles. The van der Waals surface area contributed by atoms with Crippen LogP contribution in [0.3, 0.4) is 0 Å². The number of fused-ring (bicyclic) bond motifs is 2. The highest BCUT2D eigenvalue weighted by atomic mass is 32.2. The highest BCUT2D eigenvalue weighted by molar-refractivity contribution is 7.91. The number of nitrogens with one attached hydrogen (secondary N) is 1. The van der Waals surface area contributed by atoms with Gasteiger partial charge in [0.1, 0.15) is 0 Å². The molecule has 0 saturated heterocycles. The maximum atomic E-state index is 12.9. The van der Waals surface area contributed by atoms with E-state index in [4.69, 9.17) is 9.47 Å². The normalized spacial score (nSPS) is 16.7. The van der Waals surface area contributed by atoms with Gasteiger partial charge in [-0.1, -0.05) is 18.2 Å². The van der Waals surface area contributed by atoms with Gasteiger partial charge in [-0.05, 0) is 30.5 Å². The number of benzene rings is 2. The van der Waals surface area contributed by atoms with Gasteiger partial charge in [-0.25, -0.2) is 13.4 Å². The number of methoxy groups -OCH3 is 2. The molecule has 2 heterocycles. The summed E-state index contributed by atoms with van der Waals surface area (Å²) in [6.45, 7) is 0.319. The summed E-state index contributed by atoms with van der Waals surface area (Å²) in [5.41, 5.74) is 0.891. The van der Waals surface area contributed by atoms with Crippen LogP contribution in [0, 0.1) is 0 Å². The lowest BCUT2D eigenvalue weighted by molar-refractivity contribution is -0.122. The summed E-state index contributed by atoms with van der Waals surface area (Å²) < 4.78 is 36.5. The highest BCUT2D eigenvalue weighted by Gasteiger charge is 2.30. The van der Waals surface area contributed by atoms with Crippen molar-refractivity contribution in [2.45, 2.75) is 36.7 Å². The topological polar surface area (TPSA) is 117 Å². The van der Waals surface area contributed by atoms with Crippen molar-refractivity contribution in [3.8, 4) is 11.5 Å². The number of hydrogen-bond acceptors (Lipinski definition) is 7. The van der Waals surface area contributed by atoms with Gasteiger partial charge in [-0.2, -0.15) is 0 Å². The fraction of sp³-hybridized carbons (Fsp3) is 0.348. The number of sulfone groups is 1. The summed E-state index contributed by atoms with van der Waals surface area (Å²) >= 11 is 0. The quantitative estimate of drug-likeness (QED) is 0.562. The van der Waals surface area contributed by atoms with Crippen molar-refractivity contribution in [3.05, 3.63) is 58.6 Å². The summed E-state index contributed by atoms with van der Waals surface area (Å²) in [6.07, 6.45) is 2.42. The molecule has 0 spiro atoms. The van der Waals surface area contributed by atoms with Crippen LogP contribution in [0.25, 0.3) is 10.9 Å². The first-order valence-electron chi connectivity index (χ1n) is 10.6. The molecule has 9 nitrogen and oxygen atoms in total. The van der Waals surface area contributed by atoms with Gasteiger partial charge in [0, 0.05) is 19.0 Å². The predicted octanol–water partition coefficient (Wildman–Crippen LogP) is 2.23. The van der Waals surface area contributed by atoms with Gasteiger partial charge in [0.15, 0.2) is 21.3 Å². The molecule has 1 amide bonds. The van der Waals surface area contributed by atoms with Crippen LogP contribution in [-0.2, 0) is 21.2 Å². The lowest BCUT2D eigenvalue weighted by Gasteiger charge is -2.26. The molecule has 1 N–H and O–H groups in total. The SMILES string of the molecule is COc1cc2ncn(CCCC(=O)NC3CCS(=O)(=O)c4ccccc43)c(=O)c2cc1OC. The van der Waals surface area contributed by atoms with Gasteiger partial charge in [-0.15, -0.1) is 0 Å². The van der Waals surface area contributed by atoms with Crippen LogP contribution in [0.5, 0.6) is 11.5 Å². The van der Waals surface area contributed by atoms with Crippen LogP contribution in [0.15, 0.2) is 52.4 Å². The average molecular weight is 472 g/mol. The second-order valence-electron chi connectivity index (χ2n) is 7.84. The number of aromatic nitrogens is 2. The van der Waals surface area contributed by atoms with Crippen molar-refractivity contribution >= 4 is 26.6 Å². The molecule has 1 aliphatic rings. The maximum absolute atomic E-state index is 12.9. The molecule has 0 aliphatic carbocycles. The van der Waals surface area contributed by atoms with E-state index in [2.05, 4.69) is 10.3 Å². The number of ether oxygens (including phenoxy) is 2. The monoisotopic (exact) mass is 471 g/mol. The second-order valence-corrected chi connectivity index (χ2v) is 9.91. The Morgan fingerprint density at radius 1 is 1.18 bits per heavy atom. The van der Waals surface area contributed by atoms with Crippen molar-refractivity contribution < 1.29 is 22.7 Å². The molecule has 10 heteroatoms. The smallest absolute Gasteiger partial charge is 0.261 e. The number of carbonyl (C=O) groups is 1. The number of nitrogens with zero attached hydrogens (tertiary/aromatic N) is 2. The molecule has 1 aliphatic heterocycles. The molecular weight excluding hydrogens is 446 g/mol. The van der Waals surface area contributed by atoms with Gasteiger partial charge < -0.3 is 14.8 Å². The van der Waals surface area contributed by atoms with Gasteiger partial charge in [0.2, 0.25) is 5.91 Å². The van der Waals surface area contributed by atoms with Crippen molar-refractivity contribution in [1.29, 1.82) is 0 Å². The lowest BCUT2D eigenvalue weighted by Crippen LogP contribution is -2.34. The number of amides is 1. The van der Waals surface area contributed by atoms with E-state index in [1.807, 2.05) is 0 Å². The minimum Gasteiger partial charge on any atom is -0.493 e. The Morgan fingerprint density at radius 3 is 2.67 bits per heavy atom. The zero-order valence-corrected chi connectivity index (χ0v) is 19.2. The van der Waals surface area contributed by atoms with Crippen molar-refractivity contribution in [3.63, 3.8) is 0 Å². The van der Waals surface area contributed by atoms with Crippen LogP contribution in [-0.4, -0.2) is 43.8 Å². The third-order valence-electron chi connectivity index (χ3n) is 5.77. The Kier molecular flexibility index (Phi) is 6.37. The van der Waals surface area contributed by atoms with E-state index in [1.54, 1.807) is 36.4 Å². The fourth-order valence-electron chi connectivity index (χ4n) is 4.06. The molecule has 1 aromatic heterocycles. The van der Waals surface area contributed by atoms with Crippen LogP contribution in [0.1, 0.15) is 30.9 Å². The van der Waals surface area contributed by atoms with Crippen molar-refractivity contribution in [2.24, 2.45) is 0 Å². The number of carbonyl (C=O) groups excluding carboxylic acids is 1. The maximum Gasteiger partial charge on any atom is 0.261 e. The predicted molar refractivity (Wildman–Crippen MR) is 122 cm³/mol. The number of aryl methyl sites for hydroxylation is 1. The van der Waals surface area contributed by atoms with Gasteiger partial charge in [0.25, 0.3) is 5.56 Å². The minimum atomic E-state index is -3.31. The largest absolute Gasteiger partial charge is 0.493 e. The van der Waals surface area contributed by atoms with E-state index in [0.29, 0.717) is 47.4 Å². The fourth-order valence-corrected chi connectivity index (χ4v) is 5.68. The zero-order chi connectivity index (χ0) is 23.6. The molecule has 2 aromatic carbocycles. The van der Waals surface area contributed by atoms with E-state index in [0.717, 1.165) is 0 Å². The first-order valence-corrected chi connectivity index (χ1v) is 12.2. The molecule has 0 bridgehead atoms. The summed E-state index contributed by atoms with van der Waals surface area (Å²) in [5, 5.41) is 3.34. The first-order chi connectivity index (χ1) is 15.8. The number of hydrogen-bond donors (Lipinski definition) is 1. The Hall–Kier alpha value is -3.40. The Morgan fingerprint density at radius 2 is 1.91 bits per heavy atom. The molecule has 0 radical (unpaired) electrons. The Balaban J connectivity index is 1.42. The standard InChI is InChI=1S/C23H25N3O6S/c1-31-19-12-16-18(13-20(19)32-2)24-14-26(23(16)28)10-5-8-22(27)25-17-9-11-33(29,30)21-7-4-3-6-15(17)21/h3-4,6-7,12-14,17H,5,8-11H2,1-2H3,(H,25,27). The minimum absolute atomic E-state index is 0.00135. The highest BCUT2D eigenvalue weighted by Crippen LogP contribution is 2.32. The third kappa shape index (κ3) is 4.56. The molecule has 4 rings (SSSR count). The number of rotatable bonds is 7. The van der Waals surface area contributed by atoms with Crippen molar-refractivity contribution in [2.75, 3.05) is 20.0 Å². The molecule has 3 aromatic rings. The van der Waals surface area contributed by atoms with Crippen LogP contribution >= 0.6 is 0 Å². The molecule has 1 atom stereocenters. The molecule has 1 unspecified atom stereocenters. The summed E-state index contributed by atoms with van der Waals surface area (Å²) in [7, 11) is -0.297. The van der Waals surface area contributed by atoms with E-state index >= 15 is 0 Å². The summed E-state index contributed by atoms with van der Waals surface area (Å²) in [5.74, 6) is 0.739.